The molecule has 0 aliphatic heterocycles. The summed E-state index contributed by atoms with van der Waals surface area (Å²) in [6.07, 6.45) is 0. The number of hydrogen-bond donors (Lipinski definition) is 0. The summed E-state index contributed by atoms with van der Waals surface area (Å²) in [5.74, 6) is 0.703. The van der Waals surface area contributed by atoms with Gasteiger partial charge in [0.1, 0.15) is 11.2 Å². The molecule has 0 atom stereocenters. The van der Waals surface area contributed by atoms with E-state index in [1.165, 1.54) is 10.9 Å². The Morgan fingerprint density at radius 1 is 0.279 bits per heavy atom. The van der Waals surface area contributed by atoms with Crippen LogP contribution in [0.1, 0.15) is 0 Å². The summed E-state index contributed by atoms with van der Waals surface area (Å²) in [4.78, 5) is 15.5. The Morgan fingerprint density at radius 3 is 1.56 bits per heavy atom. The summed E-state index contributed by atoms with van der Waals surface area (Å²) in [6.45, 7) is 0. The second-order valence-electron chi connectivity index (χ2n) is 15.5. The van der Waals surface area contributed by atoms with E-state index >= 15 is 0 Å². The highest BCUT2D eigenvalue weighted by molar-refractivity contribution is 6.27. The van der Waals surface area contributed by atoms with Crippen molar-refractivity contribution in [2.75, 3.05) is 0 Å². The zero-order chi connectivity index (χ0) is 40.3. The zero-order valence-corrected chi connectivity index (χ0v) is 33.0. The fourth-order valence-corrected chi connectivity index (χ4v) is 8.96. The fraction of sp³-hybridized carbons (Fsp3) is 0. The third-order valence-corrected chi connectivity index (χ3v) is 11.9. The molecule has 0 saturated carbocycles. The monoisotopic (exact) mass is 777 g/mol. The molecule has 284 valence electrons. The fourth-order valence-electron chi connectivity index (χ4n) is 8.96. The van der Waals surface area contributed by atoms with Crippen molar-refractivity contribution in [3.63, 3.8) is 0 Å². The number of fused-ring (bicyclic) bond motifs is 7. The van der Waals surface area contributed by atoms with Gasteiger partial charge in [-0.15, -0.1) is 0 Å². The highest BCUT2D eigenvalue weighted by Crippen LogP contribution is 2.46. The van der Waals surface area contributed by atoms with E-state index in [1.807, 2.05) is 24.3 Å². The van der Waals surface area contributed by atoms with Crippen LogP contribution in [0.15, 0.2) is 217 Å². The van der Waals surface area contributed by atoms with Gasteiger partial charge in [-0.3, -0.25) is 0 Å². The highest BCUT2D eigenvalue weighted by atomic mass is 16.3. The van der Waals surface area contributed by atoms with Gasteiger partial charge in [-0.25, -0.2) is 15.0 Å². The van der Waals surface area contributed by atoms with Gasteiger partial charge in [0.15, 0.2) is 5.82 Å². The van der Waals surface area contributed by atoms with Crippen molar-refractivity contribution in [3.8, 4) is 67.3 Å². The topological polar surface area (TPSA) is 51.8 Å². The summed E-state index contributed by atoms with van der Waals surface area (Å²) < 4.78 is 6.63. The molecular weight excluding hydrogens is 743 g/mol. The van der Waals surface area contributed by atoms with E-state index in [2.05, 4.69) is 188 Å². The minimum atomic E-state index is 0.703. The summed E-state index contributed by atoms with van der Waals surface area (Å²) in [5, 5.41) is 6.56. The van der Waals surface area contributed by atoms with Crippen LogP contribution in [0, 0.1) is 0 Å². The largest absolute Gasteiger partial charge is 0.456 e. The molecule has 0 fully saturated rings. The number of rotatable bonds is 6. The summed E-state index contributed by atoms with van der Waals surface area (Å²) in [6, 6.07) is 74.4. The molecule has 4 heteroatoms. The maximum absolute atomic E-state index is 6.63. The predicted molar refractivity (Wildman–Crippen MR) is 252 cm³/mol. The maximum atomic E-state index is 6.63. The lowest BCUT2D eigenvalue weighted by Gasteiger charge is -2.16. The number of hydrogen-bond acceptors (Lipinski definition) is 4. The van der Waals surface area contributed by atoms with Crippen LogP contribution in [0.3, 0.4) is 0 Å². The average molecular weight is 778 g/mol. The van der Waals surface area contributed by atoms with Crippen molar-refractivity contribution >= 4 is 54.5 Å². The van der Waals surface area contributed by atoms with Gasteiger partial charge < -0.3 is 4.42 Å². The smallest absolute Gasteiger partial charge is 0.160 e. The molecule has 0 N–H and O–H groups in total. The van der Waals surface area contributed by atoms with E-state index in [0.29, 0.717) is 5.82 Å². The minimum Gasteiger partial charge on any atom is -0.456 e. The quantitative estimate of drug-likeness (QED) is 0.158. The number of aromatic nitrogens is 3. The van der Waals surface area contributed by atoms with E-state index in [-0.39, 0.29) is 0 Å². The van der Waals surface area contributed by atoms with E-state index in [0.717, 1.165) is 105 Å². The first-order chi connectivity index (χ1) is 30.2. The molecule has 12 rings (SSSR count). The van der Waals surface area contributed by atoms with E-state index in [9.17, 15) is 0 Å². The number of benzene rings is 9. The van der Waals surface area contributed by atoms with Crippen LogP contribution in [-0.4, -0.2) is 15.0 Å². The zero-order valence-electron chi connectivity index (χ0n) is 33.0. The molecule has 0 bridgehead atoms. The predicted octanol–water partition coefficient (Wildman–Crippen LogP) is 15.2. The molecule has 0 amide bonds. The van der Waals surface area contributed by atoms with Crippen molar-refractivity contribution < 1.29 is 4.42 Å². The van der Waals surface area contributed by atoms with Crippen LogP contribution in [0.4, 0.5) is 0 Å². The van der Waals surface area contributed by atoms with E-state index in [4.69, 9.17) is 19.4 Å². The Morgan fingerprint density at radius 2 is 0.803 bits per heavy atom. The van der Waals surface area contributed by atoms with Gasteiger partial charge in [0.05, 0.1) is 22.4 Å². The number of para-hydroxylation sites is 3. The molecule has 9 aromatic carbocycles. The molecule has 0 unspecified atom stereocenters. The Balaban J connectivity index is 0.996. The van der Waals surface area contributed by atoms with Crippen molar-refractivity contribution in [2.24, 2.45) is 0 Å². The number of furan rings is 1. The average Bonchev–Trinajstić information content (AvgIpc) is 3.71. The first-order valence-electron chi connectivity index (χ1n) is 20.6. The second kappa shape index (κ2) is 14.3. The maximum Gasteiger partial charge on any atom is 0.160 e. The van der Waals surface area contributed by atoms with Crippen molar-refractivity contribution in [3.05, 3.63) is 212 Å². The first-order valence-corrected chi connectivity index (χ1v) is 20.6. The molecule has 0 spiro atoms. The lowest BCUT2D eigenvalue weighted by Crippen LogP contribution is -1.95. The Kier molecular flexibility index (Phi) is 8.13. The molecule has 0 radical (unpaired) electrons. The third-order valence-electron chi connectivity index (χ3n) is 11.9. The number of pyridine rings is 1. The molecule has 0 aliphatic carbocycles. The highest BCUT2D eigenvalue weighted by Gasteiger charge is 2.22. The molecular formula is C57H35N3O. The Hall–Kier alpha value is -8.21. The minimum absolute atomic E-state index is 0.703. The summed E-state index contributed by atoms with van der Waals surface area (Å²) in [5.41, 5.74) is 15.3. The van der Waals surface area contributed by atoms with Crippen molar-refractivity contribution in [2.45, 2.75) is 0 Å². The van der Waals surface area contributed by atoms with Gasteiger partial charge in [-0.1, -0.05) is 182 Å². The van der Waals surface area contributed by atoms with Gasteiger partial charge in [0.2, 0.25) is 0 Å². The molecule has 4 nitrogen and oxygen atoms in total. The van der Waals surface area contributed by atoms with Crippen LogP contribution in [0.5, 0.6) is 0 Å². The van der Waals surface area contributed by atoms with E-state index < -0.39 is 0 Å². The molecule has 12 aromatic rings. The van der Waals surface area contributed by atoms with Crippen molar-refractivity contribution in [1.82, 2.24) is 15.0 Å². The van der Waals surface area contributed by atoms with Gasteiger partial charge in [-0.2, -0.15) is 0 Å². The van der Waals surface area contributed by atoms with Gasteiger partial charge in [0.25, 0.3) is 0 Å². The van der Waals surface area contributed by atoms with Crippen LogP contribution in [0.2, 0.25) is 0 Å². The van der Waals surface area contributed by atoms with Crippen LogP contribution in [-0.2, 0) is 0 Å². The summed E-state index contributed by atoms with van der Waals surface area (Å²) in [7, 11) is 0. The standard InChI is InChI=1S/C57H35N3O/c1-3-14-36(15-4-1)37-28-32-41(33-29-37)57-59-49-24-11-8-21-45(49)56(60-57)43-19-13-18-42(34-43)38-26-30-39(31-27-38)52-53-44-20-7-10-23-48(44)58-55(40-16-5-2-6-17-40)47(53)35-51-54(52)46-22-9-12-25-50(46)61-51/h1-35H. The Bertz CT molecular complexity index is 3610. The van der Waals surface area contributed by atoms with Gasteiger partial charge >= 0.3 is 0 Å². The Labute approximate surface area is 352 Å². The molecule has 0 aliphatic rings. The first kappa shape index (κ1) is 34.8. The second-order valence-corrected chi connectivity index (χ2v) is 15.5. The van der Waals surface area contributed by atoms with Crippen LogP contribution >= 0.6 is 0 Å². The SMILES string of the molecule is c1ccc(-c2ccc(-c3nc(-c4cccc(-c5ccc(-c6c7c(cc8c(-c9ccccc9)nc9ccccc9c68)oc6ccccc67)cc5)c4)c4ccccc4n3)cc2)cc1. The lowest BCUT2D eigenvalue weighted by atomic mass is 9.89. The molecule has 61 heavy (non-hydrogen) atoms. The lowest BCUT2D eigenvalue weighted by molar-refractivity contribution is 0.669. The van der Waals surface area contributed by atoms with Crippen LogP contribution < -0.4 is 0 Å². The third kappa shape index (κ3) is 5.96. The van der Waals surface area contributed by atoms with E-state index in [1.54, 1.807) is 0 Å². The van der Waals surface area contributed by atoms with Gasteiger partial charge in [-0.05, 0) is 58.1 Å². The summed E-state index contributed by atoms with van der Waals surface area (Å²) >= 11 is 0. The van der Waals surface area contributed by atoms with Crippen molar-refractivity contribution in [1.29, 1.82) is 0 Å². The number of nitrogens with zero attached hydrogens (tertiary/aromatic N) is 3. The normalized spacial score (nSPS) is 11.6. The van der Waals surface area contributed by atoms with Crippen LogP contribution in [0.25, 0.3) is 122 Å². The molecule has 0 saturated heterocycles. The molecule has 3 aromatic heterocycles. The molecule has 3 heterocycles. The van der Waals surface area contributed by atoms with Gasteiger partial charge in [0, 0.05) is 54.6 Å².